The summed E-state index contributed by atoms with van der Waals surface area (Å²) >= 11 is 0. The van der Waals surface area contributed by atoms with E-state index in [4.69, 9.17) is 0 Å². The van der Waals surface area contributed by atoms with Crippen LogP contribution in [0.5, 0.6) is 0 Å². The summed E-state index contributed by atoms with van der Waals surface area (Å²) < 4.78 is 0. The van der Waals surface area contributed by atoms with E-state index in [2.05, 4.69) is 13.8 Å². The van der Waals surface area contributed by atoms with E-state index < -0.39 is 18.3 Å². The van der Waals surface area contributed by atoms with Gasteiger partial charge < -0.3 is 20.4 Å². The molecule has 3 fully saturated rings. The molecule has 0 bridgehead atoms. The third-order valence-corrected chi connectivity index (χ3v) is 8.11. The highest BCUT2D eigenvalue weighted by molar-refractivity contribution is 5.28. The minimum absolute atomic E-state index is 0.0728. The van der Waals surface area contributed by atoms with Crippen LogP contribution in [-0.2, 0) is 0 Å². The molecule has 0 aromatic carbocycles. The number of hydrogen-bond acceptors (Lipinski definition) is 4. The molecule has 4 nitrogen and oxygen atoms in total. The first-order chi connectivity index (χ1) is 10.8. The van der Waals surface area contributed by atoms with Crippen LogP contribution in [0.15, 0.2) is 11.6 Å². The Kier molecular flexibility index (Phi) is 3.52. The molecule has 9 atom stereocenters. The van der Waals surface area contributed by atoms with Crippen molar-refractivity contribution in [1.82, 2.24) is 0 Å². The van der Waals surface area contributed by atoms with Crippen molar-refractivity contribution < 1.29 is 20.4 Å². The van der Waals surface area contributed by atoms with Crippen molar-refractivity contribution in [2.24, 2.45) is 28.6 Å². The highest BCUT2D eigenvalue weighted by atomic mass is 16.3. The first kappa shape index (κ1) is 16.1. The van der Waals surface area contributed by atoms with Crippen molar-refractivity contribution in [2.75, 3.05) is 0 Å². The molecule has 4 unspecified atom stereocenters. The van der Waals surface area contributed by atoms with Gasteiger partial charge in [-0.2, -0.15) is 0 Å². The smallest absolute Gasteiger partial charge is 0.0836 e. The van der Waals surface area contributed by atoms with Crippen molar-refractivity contribution in [3.05, 3.63) is 11.6 Å². The summed E-state index contributed by atoms with van der Waals surface area (Å²) in [5.74, 6) is 0.856. The van der Waals surface area contributed by atoms with E-state index in [-0.39, 0.29) is 22.9 Å². The predicted octanol–water partition coefficient (Wildman–Crippen LogP) is 1.61. The minimum atomic E-state index is -0.708. The normalized spacial score (nSPS) is 58.9. The molecule has 4 heteroatoms. The number of hydrogen-bond donors (Lipinski definition) is 4. The number of aliphatic hydroxyl groups is 4. The van der Waals surface area contributed by atoms with Crippen LogP contribution in [0.3, 0.4) is 0 Å². The Labute approximate surface area is 138 Å². The molecule has 0 spiro atoms. The maximum absolute atomic E-state index is 10.9. The Bertz CT molecular complexity index is 531. The second-order valence-corrected chi connectivity index (χ2v) is 9.07. The lowest BCUT2D eigenvalue weighted by Gasteiger charge is -2.59. The largest absolute Gasteiger partial charge is 0.393 e. The molecular weight excluding hydrogens is 292 g/mol. The van der Waals surface area contributed by atoms with Gasteiger partial charge >= 0.3 is 0 Å². The average Bonchev–Trinajstić information content (AvgIpc) is 2.78. The molecule has 0 aromatic rings. The molecule has 0 amide bonds. The van der Waals surface area contributed by atoms with E-state index in [9.17, 15) is 20.4 Å². The second kappa shape index (κ2) is 5.04. The van der Waals surface area contributed by atoms with Crippen molar-refractivity contribution in [1.29, 1.82) is 0 Å². The van der Waals surface area contributed by atoms with Gasteiger partial charge in [0.15, 0.2) is 0 Å². The lowest BCUT2D eigenvalue weighted by molar-refractivity contribution is -0.122. The Morgan fingerprint density at radius 2 is 1.70 bits per heavy atom. The summed E-state index contributed by atoms with van der Waals surface area (Å²) in [4.78, 5) is 0. The quantitative estimate of drug-likeness (QED) is 0.511. The predicted molar refractivity (Wildman–Crippen MR) is 86.5 cm³/mol. The van der Waals surface area contributed by atoms with Gasteiger partial charge in [0, 0.05) is 0 Å². The molecule has 4 N–H and O–H groups in total. The zero-order chi connectivity index (χ0) is 16.6. The van der Waals surface area contributed by atoms with E-state index in [1.807, 2.05) is 6.08 Å². The average molecular weight is 322 g/mol. The Morgan fingerprint density at radius 3 is 2.43 bits per heavy atom. The van der Waals surface area contributed by atoms with Crippen LogP contribution < -0.4 is 0 Å². The molecule has 3 saturated carbocycles. The maximum atomic E-state index is 10.9. The maximum Gasteiger partial charge on any atom is 0.0836 e. The van der Waals surface area contributed by atoms with E-state index in [0.29, 0.717) is 24.7 Å². The highest BCUT2D eigenvalue weighted by Gasteiger charge is 2.61. The van der Waals surface area contributed by atoms with Crippen LogP contribution >= 0.6 is 0 Å². The van der Waals surface area contributed by atoms with Gasteiger partial charge in [-0.3, -0.25) is 0 Å². The van der Waals surface area contributed by atoms with Crippen LogP contribution in [0.1, 0.15) is 52.4 Å². The third-order valence-electron chi connectivity index (χ3n) is 8.11. The zero-order valence-corrected chi connectivity index (χ0v) is 14.2. The van der Waals surface area contributed by atoms with E-state index in [1.165, 1.54) is 0 Å². The summed E-state index contributed by atoms with van der Waals surface area (Å²) in [6.45, 7) is 4.41. The van der Waals surface area contributed by atoms with Crippen molar-refractivity contribution in [3.8, 4) is 0 Å². The molecule has 0 heterocycles. The van der Waals surface area contributed by atoms with E-state index >= 15 is 0 Å². The molecule has 130 valence electrons. The fraction of sp³-hybridized carbons (Fsp3) is 0.895. The van der Waals surface area contributed by atoms with Gasteiger partial charge in [-0.15, -0.1) is 0 Å². The summed E-state index contributed by atoms with van der Waals surface area (Å²) in [5, 5.41) is 41.6. The van der Waals surface area contributed by atoms with Gasteiger partial charge in [0.2, 0.25) is 0 Å². The van der Waals surface area contributed by atoms with Crippen molar-refractivity contribution in [2.45, 2.75) is 76.8 Å². The molecule has 0 saturated heterocycles. The van der Waals surface area contributed by atoms with Crippen molar-refractivity contribution in [3.63, 3.8) is 0 Å². The van der Waals surface area contributed by atoms with Crippen LogP contribution in [0, 0.1) is 28.6 Å². The lowest BCUT2D eigenvalue weighted by atomic mass is 9.47. The monoisotopic (exact) mass is 322 g/mol. The fourth-order valence-electron chi connectivity index (χ4n) is 6.65. The lowest BCUT2D eigenvalue weighted by Crippen LogP contribution is -2.56. The van der Waals surface area contributed by atoms with Crippen LogP contribution in [0.4, 0.5) is 0 Å². The Morgan fingerprint density at radius 1 is 0.957 bits per heavy atom. The summed E-state index contributed by atoms with van der Waals surface area (Å²) in [6.07, 6.45) is 4.71. The molecule has 4 rings (SSSR count). The zero-order valence-electron chi connectivity index (χ0n) is 14.2. The Balaban J connectivity index is 1.74. The molecule has 0 aromatic heterocycles. The van der Waals surface area contributed by atoms with Crippen LogP contribution in [0.2, 0.25) is 0 Å². The number of fused-ring (bicyclic) bond motifs is 5. The fourth-order valence-corrected chi connectivity index (χ4v) is 6.65. The second-order valence-electron chi connectivity index (χ2n) is 9.07. The molecule has 23 heavy (non-hydrogen) atoms. The summed E-state index contributed by atoms with van der Waals surface area (Å²) in [6, 6.07) is 0. The molecule has 0 aliphatic heterocycles. The van der Waals surface area contributed by atoms with Gasteiger partial charge in [-0.25, -0.2) is 0 Å². The topological polar surface area (TPSA) is 80.9 Å². The van der Waals surface area contributed by atoms with Gasteiger partial charge in [0.05, 0.1) is 24.4 Å². The van der Waals surface area contributed by atoms with Gasteiger partial charge in [0.1, 0.15) is 0 Å². The standard InChI is InChI=1S/C19H30O4/c1-18-6-5-12-17(11(18)3-4-16(18)23)14(21)8-10-7-13(20)15(22)9-19(10,12)2/h8,11-17,20-23H,3-7,9H2,1-2H3/t11-,12+,13?,14?,15?,16?,17-,18-,19-/m0/s1. The first-order valence-corrected chi connectivity index (χ1v) is 9.21. The summed E-state index contributed by atoms with van der Waals surface area (Å²) in [5.41, 5.74) is 0.930. The van der Waals surface area contributed by atoms with Crippen molar-refractivity contribution >= 4 is 0 Å². The molecule has 4 aliphatic rings. The number of aliphatic hydroxyl groups excluding tert-OH is 4. The highest BCUT2D eigenvalue weighted by Crippen LogP contribution is 2.64. The van der Waals surface area contributed by atoms with Crippen LogP contribution in [0.25, 0.3) is 0 Å². The molecule has 4 aliphatic carbocycles. The molecular formula is C19H30O4. The van der Waals surface area contributed by atoms with Gasteiger partial charge in [0.25, 0.3) is 0 Å². The SMILES string of the molecule is C[C@]12CC(O)C(O)CC1=CC(O)[C@@H]1[C@H]2CC[C@]2(C)C(O)CC[C@@H]12. The van der Waals surface area contributed by atoms with E-state index in [0.717, 1.165) is 31.3 Å². The first-order valence-electron chi connectivity index (χ1n) is 9.21. The number of rotatable bonds is 0. The third kappa shape index (κ3) is 2.05. The minimum Gasteiger partial charge on any atom is -0.393 e. The molecule has 0 radical (unpaired) electrons. The van der Waals surface area contributed by atoms with E-state index in [1.54, 1.807) is 0 Å². The van der Waals surface area contributed by atoms with Gasteiger partial charge in [-0.05, 0) is 67.1 Å². The van der Waals surface area contributed by atoms with Gasteiger partial charge in [-0.1, -0.05) is 25.5 Å². The van der Waals surface area contributed by atoms with Crippen LogP contribution in [-0.4, -0.2) is 44.8 Å². The Hall–Kier alpha value is -0.420. The summed E-state index contributed by atoms with van der Waals surface area (Å²) in [7, 11) is 0.